The second-order valence-corrected chi connectivity index (χ2v) is 6.67. The van der Waals surface area contributed by atoms with Crippen molar-refractivity contribution in [2.45, 2.75) is 58.1 Å². The first-order valence-electron chi connectivity index (χ1n) is 8.84. The van der Waals surface area contributed by atoms with Crippen LogP contribution in [0.5, 0.6) is 0 Å². The summed E-state index contributed by atoms with van der Waals surface area (Å²) in [6.07, 6.45) is 5.26. The van der Waals surface area contributed by atoms with E-state index in [9.17, 15) is 9.59 Å². The molecule has 5 heteroatoms. The van der Waals surface area contributed by atoms with Gasteiger partial charge in [-0.05, 0) is 37.3 Å². The Bertz CT molecular complexity index is 536. The summed E-state index contributed by atoms with van der Waals surface area (Å²) in [7, 11) is 0. The second kappa shape index (κ2) is 9.42. The Morgan fingerprint density at radius 3 is 2.42 bits per heavy atom. The number of hydrogen-bond donors (Lipinski definition) is 3. The maximum atomic E-state index is 12.0. The monoisotopic (exact) mass is 332 g/mol. The zero-order valence-corrected chi connectivity index (χ0v) is 14.4. The lowest BCUT2D eigenvalue weighted by molar-refractivity contribution is -0.126. The molecule has 2 amide bonds. The van der Waals surface area contributed by atoms with Crippen LogP contribution in [0.25, 0.3) is 0 Å². The molecule has 1 unspecified atom stereocenters. The molecule has 0 aliphatic heterocycles. The van der Waals surface area contributed by atoms with Crippen LogP contribution >= 0.6 is 0 Å². The summed E-state index contributed by atoms with van der Waals surface area (Å²) in [5.74, 6) is 0.190. The van der Waals surface area contributed by atoms with Gasteiger partial charge in [0.15, 0.2) is 0 Å². The maximum absolute atomic E-state index is 12.0. The van der Waals surface area contributed by atoms with Crippen LogP contribution in [0.15, 0.2) is 24.3 Å². The van der Waals surface area contributed by atoms with Crippen LogP contribution < -0.4 is 10.6 Å². The summed E-state index contributed by atoms with van der Waals surface area (Å²) < 4.78 is 0. The molecule has 0 radical (unpaired) electrons. The Labute approximate surface area is 143 Å². The molecule has 1 aliphatic carbocycles. The second-order valence-electron chi connectivity index (χ2n) is 6.67. The molecule has 0 saturated heterocycles. The largest absolute Gasteiger partial charge is 0.392 e. The molecule has 1 fully saturated rings. The minimum absolute atomic E-state index is 0.0406. The predicted molar refractivity (Wildman–Crippen MR) is 93.3 cm³/mol. The van der Waals surface area contributed by atoms with Crippen LogP contribution in [0.2, 0.25) is 0 Å². The molecule has 1 aliphatic rings. The third kappa shape index (κ3) is 5.96. The number of rotatable bonds is 8. The highest BCUT2D eigenvalue weighted by molar-refractivity contribution is 5.81. The molecule has 0 aromatic heterocycles. The van der Waals surface area contributed by atoms with Crippen molar-refractivity contribution in [3.05, 3.63) is 35.4 Å². The number of carbonyl (C=O) groups is 2. The number of carbonyl (C=O) groups excluding carboxylic acids is 2. The summed E-state index contributed by atoms with van der Waals surface area (Å²) in [6, 6.07) is 7.56. The quantitative estimate of drug-likeness (QED) is 0.680. The SMILES string of the molecule is CC(CC(=O)NCCc1ccc(CO)cc1)NC(=O)C1CCCC1. The van der Waals surface area contributed by atoms with Crippen molar-refractivity contribution < 1.29 is 14.7 Å². The number of hydrogen-bond acceptors (Lipinski definition) is 3. The number of nitrogens with one attached hydrogen (secondary N) is 2. The lowest BCUT2D eigenvalue weighted by Crippen LogP contribution is -2.40. The van der Waals surface area contributed by atoms with Gasteiger partial charge in [-0.3, -0.25) is 9.59 Å². The average Bonchev–Trinajstić information content (AvgIpc) is 3.10. The third-order valence-electron chi connectivity index (χ3n) is 4.55. The van der Waals surface area contributed by atoms with Crippen molar-refractivity contribution >= 4 is 11.8 Å². The lowest BCUT2D eigenvalue weighted by Gasteiger charge is -2.16. The first-order valence-corrected chi connectivity index (χ1v) is 8.84. The van der Waals surface area contributed by atoms with Gasteiger partial charge in [-0.1, -0.05) is 37.1 Å². The molecule has 5 nitrogen and oxygen atoms in total. The Balaban J connectivity index is 1.63. The molecule has 24 heavy (non-hydrogen) atoms. The van der Waals surface area contributed by atoms with E-state index in [1.54, 1.807) is 0 Å². The molecule has 132 valence electrons. The van der Waals surface area contributed by atoms with E-state index in [1.807, 2.05) is 31.2 Å². The number of benzene rings is 1. The van der Waals surface area contributed by atoms with Gasteiger partial charge in [0.25, 0.3) is 0 Å². The predicted octanol–water partition coefficient (Wildman–Crippen LogP) is 1.92. The Hall–Kier alpha value is -1.88. The van der Waals surface area contributed by atoms with Crippen molar-refractivity contribution in [2.75, 3.05) is 6.54 Å². The van der Waals surface area contributed by atoms with E-state index in [-0.39, 0.29) is 30.4 Å². The van der Waals surface area contributed by atoms with Crippen LogP contribution in [0.1, 0.15) is 50.2 Å². The lowest BCUT2D eigenvalue weighted by atomic mass is 10.1. The molecule has 1 saturated carbocycles. The summed E-state index contributed by atoms with van der Waals surface area (Å²) >= 11 is 0. The van der Waals surface area contributed by atoms with E-state index in [4.69, 9.17) is 5.11 Å². The van der Waals surface area contributed by atoms with Gasteiger partial charge in [-0.15, -0.1) is 0 Å². The molecule has 1 aromatic carbocycles. The number of amides is 2. The summed E-state index contributed by atoms with van der Waals surface area (Å²) in [5.41, 5.74) is 2.00. The zero-order valence-electron chi connectivity index (χ0n) is 14.4. The normalized spacial score (nSPS) is 15.9. The van der Waals surface area contributed by atoms with Gasteiger partial charge in [-0.25, -0.2) is 0 Å². The van der Waals surface area contributed by atoms with E-state index < -0.39 is 0 Å². The molecule has 3 N–H and O–H groups in total. The van der Waals surface area contributed by atoms with Crippen molar-refractivity contribution in [3.63, 3.8) is 0 Å². The summed E-state index contributed by atoms with van der Waals surface area (Å²) in [4.78, 5) is 24.0. The molecule has 0 spiro atoms. The molecule has 0 heterocycles. The zero-order chi connectivity index (χ0) is 17.4. The highest BCUT2D eigenvalue weighted by Gasteiger charge is 2.24. The standard InChI is InChI=1S/C19H28N2O3/c1-14(21-19(24)17-4-2-3-5-17)12-18(23)20-11-10-15-6-8-16(13-22)9-7-15/h6-9,14,17,22H,2-5,10-13H2,1H3,(H,20,23)(H,21,24). The molecule has 2 rings (SSSR count). The Kier molecular flexibility index (Phi) is 7.25. The Morgan fingerprint density at radius 1 is 1.17 bits per heavy atom. The molecular weight excluding hydrogens is 304 g/mol. The first-order chi connectivity index (χ1) is 11.6. The molecule has 0 bridgehead atoms. The Morgan fingerprint density at radius 2 is 1.79 bits per heavy atom. The smallest absolute Gasteiger partial charge is 0.223 e. The average molecular weight is 332 g/mol. The van der Waals surface area contributed by atoms with Crippen LogP contribution in [-0.2, 0) is 22.6 Å². The highest BCUT2D eigenvalue weighted by atomic mass is 16.3. The van der Waals surface area contributed by atoms with Gasteiger partial charge in [0.1, 0.15) is 0 Å². The van der Waals surface area contributed by atoms with E-state index in [2.05, 4.69) is 10.6 Å². The van der Waals surface area contributed by atoms with Crippen LogP contribution in [-0.4, -0.2) is 29.5 Å². The molecule has 1 aromatic rings. The number of aliphatic hydroxyl groups is 1. The van der Waals surface area contributed by atoms with Crippen molar-refractivity contribution in [1.29, 1.82) is 0 Å². The topological polar surface area (TPSA) is 78.4 Å². The van der Waals surface area contributed by atoms with E-state index in [1.165, 1.54) is 0 Å². The summed E-state index contributed by atoms with van der Waals surface area (Å²) in [5, 5.41) is 14.8. The fraction of sp³-hybridized carbons (Fsp3) is 0.579. The summed E-state index contributed by atoms with van der Waals surface area (Å²) in [6.45, 7) is 2.49. The van der Waals surface area contributed by atoms with Crippen LogP contribution in [0, 0.1) is 5.92 Å². The van der Waals surface area contributed by atoms with Gasteiger partial charge < -0.3 is 15.7 Å². The van der Waals surface area contributed by atoms with E-state index in [0.29, 0.717) is 13.0 Å². The first kappa shape index (κ1) is 18.5. The molecular formula is C19H28N2O3. The van der Waals surface area contributed by atoms with E-state index in [0.717, 1.165) is 43.2 Å². The van der Waals surface area contributed by atoms with Crippen molar-refractivity contribution in [2.24, 2.45) is 5.92 Å². The minimum Gasteiger partial charge on any atom is -0.392 e. The highest BCUT2D eigenvalue weighted by Crippen LogP contribution is 2.24. The van der Waals surface area contributed by atoms with Gasteiger partial charge in [0, 0.05) is 24.9 Å². The van der Waals surface area contributed by atoms with E-state index >= 15 is 0 Å². The van der Waals surface area contributed by atoms with Gasteiger partial charge in [0.2, 0.25) is 11.8 Å². The molecule has 1 atom stereocenters. The third-order valence-corrected chi connectivity index (χ3v) is 4.55. The fourth-order valence-corrected chi connectivity index (χ4v) is 3.11. The van der Waals surface area contributed by atoms with Gasteiger partial charge in [0.05, 0.1) is 6.61 Å². The number of aliphatic hydroxyl groups excluding tert-OH is 1. The maximum Gasteiger partial charge on any atom is 0.223 e. The van der Waals surface area contributed by atoms with Gasteiger partial charge in [-0.2, -0.15) is 0 Å². The minimum atomic E-state index is -0.137. The van der Waals surface area contributed by atoms with Crippen LogP contribution in [0.3, 0.4) is 0 Å². The van der Waals surface area contributed by atoms with Gasteiger partial charge >= 0.3 is 0 Å². The van der Waals surface area contributed by atoms with Crippen molar-refractivity contribution in [1.82, 2.24) is 10.6 Å². The van der Waals surface area contributed by atoms with Crippen LogP contribution in [0.4, 0.5) is 0 Å². The fourth-order valence-electron chi connectivity index (χ4n) is 3.11. The van der Waals surface area contributed by atoms with Crippen molar-refractivity contribution in [3.8, 4) is 0 Å².